The van der Waals surface area contributed by atoms with Gasteiger partial charge in [0.1, 0.15) is 17.3 Å². The van der Waals surface area contributed by atoms with Crippen LogP contribution in [0.25, 0.3) is 22.4 Å². The summed E-state index contributed by atoms with van der Waals surface area (Å²) in [6, 6.07) is 11.9. The molecule has 0 fully saturated rings. The third-order valence-electron chi connectivity index (χ3n) is 4.90. The van der Waals surface area contributed by atoms with E-state index in [1.54, 1.807) is 7.11 Å². The molecule has 4 nitrogen and oxygen atoms in total. The molecule has 0 saturated heterocycles. The minimum Gasteiger partial charge on any atom is -0.497 e. The first-order valence-electron chi connectivity index (χ1n) is 10.2. The van der Waals surface area contributed by atoms with Crippen molar-refractivity contribution in [1.82, 2.24) is 9.97 Å². The molecular weight excluding hydrogens is 416 g/mol. The number of rotatable bonds is 11. The van der Waals surface area contributed by atoms with Crippen molar-refractivity contribution >= 4 is 27.0 Å². The lowest BCUT2D eigenvalue weighted by Crippen LogP contribution is -1.98. The first-order chi connectivity index (χ1) is 13.7. The van der Waals surface area contributed by atoms with E-state index in [1.165, 1.54) is 38.5 Å². The van der Waals surface area contributed by atoms with Gasteiger partial charge in [0, 0.05) is 11.6 Å². The number of hydrogen-bond acceptors (Lipinski definition) is 3. The number of methoxy groups -OCH3 is 1. The average molecular weight is 445 g/mol. The summed E-state index contributed by atoms with van der Waals surface area (Å²) in [6.45, 7) is 3.01. The molecule has 2 aromatic carbocycles. The van der Waals surface area contributed by atoms with Crippen molar-refractivity contribution in [3.63, 3.8) is 0 Å². The molecule has 1 N–H and O–H groups in total. The van der Waals surface area contributed by atoms with Gasteiger partial charge in [0.05, 0.1) is 29.2 Å². The number of unbranched alkanes of at least 4 members (excludes halogenated alkanes) is 6. The molecule has 0 bridgehead atoms. The van der Waals surface area contributed by atoms with E-state index in [9.17, 15) is 0 Å². The van der Waals surface area contributed by atoms with Crippen molar-refractivity contribution in [2.75, 3.05) is 13.7 Å². The minimum absolute atomic E-state index is 0.760. The number of H-pyrrole nitrogens is 1. The molecule has 0 aliphatic heterocycles. The van der Waals surface area contributed by atoms with Crippen LogP contribution in [0.1, 0.15) is 51.9 Å². The topological polar surface area (TPSA) is 47.1 Å². The van der Waals surface area contributed by atoms with E-state index in [0.29, 0.717) is 0 Å². The van der Waals surface area contributed by atoms with Gasteiger partial charge in [-0.25, -0.2) is 4.98 Å². The van der Waals surface area contributed by atoms with Crippen LogP contribution in [0.15, 0.2) is 40.9 Å². The predicted octanol–water partition coefficient (Wildman–Crippen LogP) is 7.13. The van der Waals surface area contributed by atoms with Gasteiger partial charge in [0.25, 0.3) is 0 Å². The van der Waals surface area contributed by atoms with Crippen LogP contribution in [-0.4, -0.2) is 23.7 Å². The Kier molecular flexibility index (Phi) is 7.78. The third kappa shape index (κ3) is 5.51. The molecule has 0 atom stereocenters. The van der Waals surface area contributed by atoms with Gasteiger partial charge in [0.15, 0.2) is 0 Å². The summed E-state index contributed by atoms with van der Waals surface area (Å²) in [7, 11) is 1.67. The molecule has 3 aromatic rings. The second kappa shape index (κ2) is 10.5. The monoisotopic (exact) mass is 444 g/mol. The molecule has 1 heterocycles. The largest absolute Gasteiger partial charge is 0.497 e. The van der Waals surface area contributed by atoms with E-state index in [-0.39, 0.29) is 0 Å². The Morgan fingerprint density at radius 3 is 2.50 bits per heavy atom. The quantitative estimate of drug-likeness (QED) is 0.319. The highest BCUT2D eigenvalue weighted by Crippen LogP contribution is 2.31. The summed E-state index contributed by atoms with van der Waals surface area (Å²) in [5.74, 6) is 2.54. The van der Waals surface area contributed by atoms with Crippen LogP contribution in [0, 0.1) is 0 Å². The van der Waals surface area contributed by atoms with Crippen LogP contribution < -0.4 is 9.47 Å². The molecule has 3 rings (SSSR count). The van der Waals surface area contributed by atoms with Crippen LogP contribution in [0.2, 0.25) is 0 Å². The number of nitrogens with zero attached hydrogens (tertiary/aromatic N) is 1. The normalized spacial score (nSPS) is 11.1. The fourth-order valence-electron chi connectivity index (χ4n) is 3.26. The van der Waals surface area contributed by atoms with Crippen molar-refractivity contribution in [2.45, 2.75) is 51.9 Å². The number of hydrogen-bond donors (Lipinski definition) is 1. The van der Waals surface area contributed by atoms with E-state index >= 15 is 0 Å². The number of imidazole rings is 1. The second-order valence-corrected chi connectivity index (χ2v) is 7.94. The van der Waals surface area contributed by atoms with Crippen molar-refractivity contribution < 1.29 is 9.47 Å². The van der Waals surface area contributed by atoms with Crippen LogP contribution in [0.4, 0.5) is 0 Å². The highest BCUT2D eigenvalue weighted by atomic mass is 79.9. The first-order valence-corrected chi connectivity index (χ1v) is 11.0. The van der Waals surface area contributed by atoms with Gasteiger partial charge >= 0.3 is 0 Å². The summed E-state index contributed by atoms with van der Waals surface area (Å²) in [5, 5.41) is 0. The Hall–Kier alpha value is -2.01. The lowest BCUT2D eigenvalue weighted by molar-refractivity contribution is 0.302. The molecule has 0 spiro atoms. The number of aromatic amines is 1. The zero-order valence-electron chi connectivity index (χ0n) is 16.8. The number of fused-ring (bicyclic) bond motifs is 1. The molecule has 0 aliphatic carbocycles. The number of nitrogens with one attached hydrogen (secondary N) is 1. The van der Waals surface area contributed by atoms with E-state index in [4.69, 9.17) is 9.47 Å². The molecule has 150 valence electrons. The molecule has 0 amide bonds. The summed E-state index contributed by atoms with van der Waals surface area (Å²) >= 11 is 3.64. The third-order valence-corrected chi connectivity index (χ3v) is 5.52. The molecule has 1 aromatic heterocycles. The van der Waals surface area contributed by atoms with E-state index in [0.717, 1.165) is 51.4 Å². The predicted molar refractivity (Wildman–Crippen MR) is 119 cm³/mol. The van der Waals surface area contributed by atoms with Crippen LogP contribution in [0.5, 0.6) is 11.5 Å². The Morgan fingerprint density at radius 2 is 1.75 bits per heavy atom. The van der Waals surface area contributed by atoms with Crippen molar-refractivity contribution in [2.24, 2.45) is 0 Å². The Bertz CT molecular complexity index is 891. The average Bonchev–Trinajstić information content (AvgIpc) is 3.14. The summed E-state index contributed by atoms with van der Waals surface area (Å²) in [6.07, 6.45) is 9.01. The van der Waals surface area contributed by atoms with Gasteiger partial charge in [0.2, 0.25) is 0 Å². The molecule has 0 aliphatic rings. The van der Waals surface area contributed by atoms with Gasteiger partial charge in [-0.15, -0.1) is 0 Å². The molecular formula is C23H29BrN2O2. The first kappa shape index (κ1) is 20.7. The highest BCUT2D eigenvalue weighted by Gasteiger charge is 2.09. The van der Waals surface area contributed by atoms with E-state index in [1.807, 2.05) is 30.3 Å². The van der Waals surface area contributed by atoms with E-state index < -0.39 is 0 Å². The van der Waals surface area contributed by atoms with Gasteiger partial charge in [-0.3, -0.25) is 0 Å². The summed E-state index contributed by atoms with van der Waals surface area (Å²) in [4.78, 5) is 8.03. The standard InChI is InChI=1S/C23H29BrN2O2/c1-3-4-5-6-7-8-9-14-28-22-13-10-17(15-19(22)24)23-25-20-12-11-18(27-2)16-21(20)26-23/h10-13,15-16H,3-9,14H2,1-2H3,(H,25,26). The van der Waals surface area contributed by atoms with Crippen LogP contribution in [-0.2, 0) is 0 Å². The maximum atomic E-state index is 5.95. The van der Waals surface area contributed by atoms with Crippen LogP contribution in [0.3, 0.4) is 0 Å². The zero-order valence-corrected chi connectivity index (χ0v) is 18.3. The fraction of sp³-hybridized carbons (Fsp3) is 0.435. The van der Waals surface area contributed by atoms with Gasteiger partial charge in [-0.2, -0.15) is 0 Å². The smallest absolute Gasteiger partial charge is 0.138 e. The maximum Gasteiger partial charge on any atom is 0.138 e. The lowest BCUT2D eigenvalue weighted by Gasteiger charge is -2.09. The lowest BCUT2D eigenvalue weighted by atomic mass is 10.1. The van der Waals surface area contributed by atoms with Crippen molar-refractivity contribution in [3.8, 4) is 22.9 Å². The highest BCUT2D eigenvalue weighted by molar-refractivity contribution is 9.10. The fourth-order valence-corrected chi connectivity index (χ4v) is 3.75. The van der Waals surface area contributed by atoms with Gasteiger partial charge < -0.3 is 14.5 Å². The molecule has 28 heavy (non-hydrogen) atoms. The number of ether oxygens (including phenoxy) is 2. The number of aromatic nitrogens is 2. The Balaban J connectivity index is 1.55. The Morgan fingerprint density at radius 1 is 0.964 bits per heavy atom. The molecule has 0 unspecified atom stereocenters. The molecule has 5 heteroatoms. The maximum absolute atomic E-state index is 5.95. The van der Waals surface area contributed by atoms with Gasteiger partial charge in [-0.1, -0.05) is 45.4 Å². The second-order valence-electron chi connectivity index (χ2n) is 7.08. The van der Waals surface area contributed by atoms with E-state index in [2.05, 4.69) is 38.9 Å². The summed E-state index contributed by atoms with van der Waals surface area (Å²) < 4.78 is 12.2. The molecule has 0 saturated carbocycles. The minimum atomic E-state index is 0.760. The Labute approximate surface area is 175 Å². The van der Waals surface area contributed by atoms with Crippen molar-refractivity contribution in [3.05, 3.63) is 40.9 Å². The van der Waals surface area contributed by atoms with Gasteiger partial charge in [-0.05, 0) is 52.7 Å². The SMILES string of the molecule is CCCCCCCCCOc1ccc(-c2nc3ccc(OC)cc3[nH]2)cc1Br. The van der Waals surface area contributed by atoms with Crippen molar-refractivity contribution in [1.29, 1.82) is 0 Å². The van der Waals surface area contributed by atoms with Crippen LogP contribution >= 0.6 is 15.9 Å². The number of halogens is 1. The number of benzene rings is 2. The zero-order chi connectivity index (χ0) is 19.8. The molecule has 0 radical (unpaired) electrons. The summed E-state index contributed by atoms with van der Waals surface area (Å²) in [5.41, 5.74) is 2.90.